The molecule has 2 amide bonds. The van der Waals surface area contributed by atoms with E-state index in [0.717, 1.165) is 0 Å². The Hall–Kier alpha value is -3.60. The number of esters is 1. The molecule has 0 aliphatic carbocycles. The summed E-state index contributed by atoms with van der Waals surface area (Å²) < 4.78 is 10.5. The molecule has 3 rings (SSSR count). The molecule has 8 nitrogen and oxygen atoms in total. The summed E-state index contributed by atoms with van der Waals surface area (Å²) in [7, 11) is 0. The highest BCUT2D eigenvalue weighted by Gasteiger charge is 2.36. The maximum atomic E-state index is 12.4. The largest absolute Gasteiger partial charge is 0.467 e. The molecule has 0 radical (unpaired) electrons. The fourth-order valence-electron chi connectivity index (χ4n) is 2.91. The Labute approximate surface area is 161 Å². The van der Waals surface area contributed by atoms with Crippen molar-refractivity contribution in [3.05, 3.63) is 54.0 Å². The smallest absolute Gasteiger partial charge is 0.312 e. The van der Waals surface area contributed by atoms with Gasteiger partial charge in [-0.3, -0.25) is 14.4 Å². The molecule has 1 aliphatic rings. The van der Waals surface area contributed by atoms with Crippen molar-refractivity contribution in [2.75, 3.05) is 11.9 Å². The van der Waals surface area contributed by atoms with Crippen LogP contribution in [0.1, 0.15) is 24.7 Å². The monoisotopic (exact) mass is 381 g/mol. The van der Waals surface area contributed by atoms with E-state index < -0.39 is 23.9 Å². The summed E-state index contributed by atoms with van der Waals surface area (Å²) in [4.78, 5) is 38.2. The maximum Gasteiger partial charge on any atom is 0.312 e. The lowest BCUT2D eigenvalue weighted by Gasteiger charge is -2.17. The lowest BCUT2D eigenvalue weighted by atomic mass is 10.1. The lowest BCUT2D eigenvalue weighted by molar-refractivity contribution is -0.157. The number of carbonyl (C=O) groups is 3. The lowest BCUT2D eigenvalue weighted by Crippen LogP contribution is -2.33. The van der Waals surface area contributed by atoms with Gasteiger partial charge in [-0.1, -0.05) is 6.07 Å². The molecule has 1 saturated heterocycles. The zero-order valence-electron chi connectivity index (χ0n) is 15.3. The van der Waals surface area contributed by atoms with Crippen molar-refractivity contribution in [2.24, 2.45) is 5.92 Å². The highest BCUT2D eigenvalue weighted by Crippen LogP contribution is 2.22. The fraction of sp³-hybridized carbons (Fsp3) is 0.300. The van der Waals surface area contributed by atoms with E-state index in [2.05, 4.69) is 5.32 Å². The molecule has 1 aromatic heterocycles. The van der Waals surface area contributed by atoms with Crippen LogP contribution in [-0.4, -0.2) is 35.3 Å². The number of carbonyl (C=O) groups excluding carboxylic acids is 3. The third-order valence-corrected chi connectivity index (χ3v) is 4.40. The molecule has 8 heteroatoms. The fourth-order valence-corrected chi connectivity index (χ4v) is 2.91. The Balaban J connectivity index is 1.53. The summed E-state index contributed by atoms with van der Waals surface area (Å²) in [5.74, 6) is -1.26. The minimum atomic E-state index is -1.03. The SMILES string of the molecule is C[C@@H](OC(=O)[C@H]1CC(=O)N(Cc2ccco2)C1)C(=O)Nc1cccc(C#N)c1. The second-order valence-electron chi connectivity index (χ2n) is 6.52. The molecule has 1 aromatic carbocycles. The molecule has 1 N–H and O–H groups in total. The molecule has 2 atom stereocenters. The molecule has 0 spiro atoms. The van der Waals surface area contributed by atoms with Gasteiger partial charge in [0, 0.05) is 18.7 Å². The van der Waals surface area contributed by atoms with Gasteiger partial charge in [0.15, 0.2) is 6.10 Å². The molecule has 0 bridgehead atoms. The first-order chi connectivity index (χ1) is 13.5. The van der Waals surface area contributed by atoms with Gasteiger partial charge in [-0.2, -0.15) is 5.26 Å². The number of anilines is 1. The van der Waals surface area contributed by atoms with Crippen LogP contribution in [0, 0.1) is 17.2 Å². The Morgan fingerprint density at radius 2 is 2.21 bits per heavy atom. The van der Waals surface area contributed by atoms with Crippen LogP contribution in [0.25, 0.3) is 0 Å². The highest BCUT2D eigenvalue weighted by molar-refractivity contribution is 5.95. The van der Waals surface area contributed by atoms with Crippen LogP contribution in [0.4, 0.5) is 5.69 Å². The number of hydrogen-bond donors (Lipinski definition) is 1. The van der Waals surface area contributed by atoms with Crippen LogP contribution in [0.3, 0.4) is 0 Å². The first kappa shape index (κ1) is 19.2. The molecule has 28 heavy (non-hydrogen) atoms. The number of hydrogen-bond acceptors (Lipinski definition) is 6. The van der Waals surface area contributed by atoms with E-state index in [0.29, 0.717) is 23.6 Å². The molecule has 2 aromatic rings. The molecule has 0 saturated carbocycles. The van der Waals surface area contributed by atoms with Gasteiger partial charge in [0.2, 0.25) is 5.91 Å². The van der Waals surface area contributed by atoms with Crippen LogP contribution >= 0.6 is 0 Å². The number of benzene rings is 1. The zero-order chi connectivity index (χ0) is 20.1. The number of likely N-dealkylation sites (tertiary alicyclic amines) is 1. The normalized spacial score (nSPS) is 17.1. The summed E-state index contributed by atoms with van der Waals surface area (Å²) in [6, 6.07) is 11.9. The van der Waals surface area contributed by atoms with Gasteiger partial charge >= 0.3 is 5.97 Å². The first-order valence-corrected chi connectivity index (χ1v) is 8.78. The van der Waals surface area contributed by atoms with Crippen molar-refractivity contribution < 1.29 is 23.5 Å². The van der Waals surface area contributed by atoms with E-state index in [-0.39, 0.29) is 18.9 Å². The van der Waals surface area contributed by atoms with Crippen LogP contribution in [0.2, 0.25) is 0 Å². The van der Waals surface area contributed by atoms with E-state index in [4.69, 9.17) is 14.4 Å². The van der Waals surface area contributed by atoms with Gasteiger partial charge in [0.25, 0.3) is 5.91 Å². The number of ether oxygens (including phenoxy) is 1. The minimum absolute atomic E-state index is 0.0398. The number of nitriles is 1. The van der Waals surface area contributed by atoms with E-state index in [1.54, 1.807) is 30.3 Å². The van der Waals surface area contributed by atoms with Gasteiger partial charge in [-0.15, -0.1) is 0 Å². The number of rotatable bonds is 6. The number of amides is 2. The summed E-state index contributed by atoms with van der Waals surface area (Å²) in [5, 5.41) is 11.5. The Bertz CT molecular complexity index is 916. The van der Waals surface area contributed by atoms with E-state index in [1.807, 2.05) is 6.07 Å². The van der Waals surface area contributed by atoms with Crippen molar-refractivity contribution in [1.29, 1.82) is 5.26 Å². The van der Waals surface area contributed by atoms with Gasteiger partial charge < -0.3 is 19.4 Å². The van der Waals surface area contributed by atoms with Crippen LogP contribution in [-0.2, 0) is 25.7 Å². The second kappa shape index (κ2) is 8.39. The molecule has 0 unspecified atom stereocenters. The summed E-state index contributed by atoms with van der Waals surface area (Å²) in [6.45, 7) is 1.97. The molecular weight excluding hydrogens is 362 g/mol. The maximum absolute atomic E-state index is 12.4. The minimum Gasteiger partial charge on any atom is -0.467 e. The molecule has 1 aliphatic heterocycles. The molecular formula is C20H19N3O5. The zero-order valence-corrected chi connectivity index (χ0v) is 15.3. The van der Waals surface area contributed by atoms with Gasteiger partial charge in [0.1, 0.15) is 5.76 Å². The van der Waals surface area contributed by atoms with E-state index >= 15 is 0 Å². The second-order valence-corrected chi connectivity index (χ2v) is 6.52. The Morgan fingerprint density at radius 1 is 1.39 bits per heavy atom. The van der Waals surface area contributed by atoms with Crippen LogP contribution < -0.4 is 5.32 Å². The summed E-state index contributed by atoms with van der Waals surface area (Å²) in [5.41, 5.74) is 0.844. The third-order valence-electron chi connectivity index (χ3n) is 4.40. The van der Waals surface area contributed by atoms with E-state index in [1.165, 1.54) is 24.2 Å². The Morgan fingerprint density at radius 3 is 2.93 bits per heavy atom. The number of furan rings is 1. The van der Waals surface area contributed by atoms with Crippen molar-refractivity contribution in [1.82, 2.24) is 4.90 Å². The highest BCUT2D eigenvalue weighted by atomic mass is 16.5. The average molecular weight is 381 g/mol. The van der Waals surface area contributed by atoms with Crippen molar-refractivity contribution in [3.8, 4) is 6.07 Å². The number of nitrogens with zero attached hydrogens (tertiary/aromatic N) is 2. The molecule has 144 valence electrons. The molecule has 2 heterocycles. The first-order valence-electron chi connectivity index (χ1n) is 8.78. The van der Waals surface area contributed by atoms with Crippen molar-refractivity contribution >= 4 is 23.5 Å². The topological polar surface area (TPSA) is 113 Å². The van der Waals surface area contributed by atoms with Gasteiger partial charge in [-0.25, -0.2) is 0 Å². The number of nitrogens with one attached hydrogen (secondary N) is 1. The average Bonchev–Trinajstić information content (AvgIpc) is 3.32. The molecule has 1 fully saturated rings. The van der Waals surface area contributed by atoms with E-state index in [9.17, 15) is 14.4 Å². The van der Waals surface area contributed by atoms with Gasteiger partial charge in [-0.05, 0) is 37.3 Å². The van der Waals surface area contributed by atoms with Crippen molar-refractivity contribution in [3.63, 3.8) is 0 Å². The summed E-state index contributed by atoms with van der Waals surface area (Å²) >= 11 is 0. The van der Waals surface area contributed by atoms with Crippen molar-refractivity contribution in [2.45, 2.75) is 26.0 Å². The summed E-state index contributed by atoms with van der Waals surface area (Å²) in [6.07, 6.45) is 0.527. The predicted octanol–water partition coefficient (Wildman–Crippen LogP) is 2.07. The quantitative estimate of drug-likeness (QED) is 0.767. The van der Waals surface area contributed by atoms with Crippen LogP contribution in [0.5, 0.6) is 0 Å². The predicted molar refractivity (Wildman–Crippen MR) is 97.6 cm³/mol. The van der Waals surface area contributed by atoms with Gasteiger partial charge in [0.05, 0.1) is 30.4 Å². The third kappa shape index (κ3) is 4.57. The Kier molecular flexibility index (Phi) is 5.75. The standard InChI is InChI=1S/C20H19N3O5/c1-13(19(25)22-16-5-2-4-14(8-16)10-21)28-20(26)15-9-18(24)23(11-15)12-17-6-3-7-27-17/h2-8,13,15H,9,11-12H2,1H3,(H,22,25)/t13-,15+/m1/s1. The van der Waals surface area contributed by atoms with Crippen LogP contribution in [0.15, 0.2) is 47.1 Å².